The standard InChI is InChI=1S/C12H16BrN5/c1-3-6-14-12(10-8-16-17-18(10)2)11-9(13)5-4-7-15-11/h4-5,7-8,12,14H,3,6H2,1-2H3. The van der Waals surface area contributed by atoms with Crippen LogP contribution in [0.3, 0.4) is 0 Å². The predicted molar refractivity (Wildman–Crippen MR) is 73.1 cm³/mol. The van der Waals surface area contributed by atoms with Gasteiger partial charge in [0.1, 0.15) is 0 Å². The molecule has 1 unspecified atom stereocenters. The molecule has 0 radical (unpaired) electrons. The molecule has 2 aromatic rings. The molecule has 96 valence electrons. The summed E-state index contributed by atoms with van der Waals surface area (Å²) < 4.78 is 2.76. The number of aromatic nitrogens is 4. The van der Waals surface area contributed by atoms with Crippen molar-refractivity contribution in [3.8, 4) is 0 Å². The van der Waals surface area contributed by atoms with Crippen LogP contribution in [0.2, 0.25) is 0 Å². The number of nitrogens with zero attached hydrogens (tertiary/aromatic N) is 4. The zero-order valence-electron chi connectivity index (χ0n) is 10.5. The van der Waals surface area contributed by atoms with Gasteiger partial charge in [0.15, 0.2) is 0 Å². The highest BCUT2D eigenvalue weighted by Gasteiger charge is 2.20. The molecule has 0 spiro atoms. The van der Waals surface area contributed by atoms with Crippen molar-refractivity contribution in [3.63, 3.8) is 0 Å². The molecule has 6 heteroatoms. The van der Waals surface area contributed by atoms with Crippen molar-refractivity contribution in [1.29, 1.82) is 0 Å². The van der Waals surface area contributed by atoms with E-state index in [4.69, 9.17) is 0 Å². The number of hydrogen-bond donors (Lipinski definition) is 1. The van der Waals surface area contributed by atoms with Gasteiger partial charge >= 0.3 is 0 Å². The summed E-state index contributed by atoms with van der Waals surface area (Å²) in [5.41, 5.74) is 1.96. The number of hydrogen-bond acceptors (Lipinski definition) is 4. The van der Waals surface area contributed by atoms with Crippen LogP contribution in [-0.2, 0) is 7.05 Å². The molecule has 0 aliphatic heterocycles. The van der Waals surface area contributed by atoms with Crippen LogP contribution in [0, 0.1) is 0 Å². The zero-order chi connectivity index (χ0) is 13.0. The summed E-state index contributed by atoms with van der Waals surface area (Å²) in [5.74, 6) is 0. The third-order valence-corrected chi connectivity index (χ3v) is 3.37. The van der Waals surface area contributed by atoms with Crippen molar-refractivity contribution >= 4 is 15.9 Å². The molecule has 0 saturated heterocycles. The summed E-state index contributed by atoms with van der Waals surface area (Å²) in [5, 5.41) is 11.4. The fraction of sp³-hybridized carbons (Fsp3) is 0.417. The molecule has 1 atom stereocenters. The van der Waals surface area contributed by atoms with Crippen LogP contribution < -0.4 is 5.32 Å². The fourth-order valence-corrected chi connectivity index (χ4v) is 2.28. The molecule has 0 aliphatic rings. The van der Waals surface area contributed by atoms with Gasteiger partial charge < -0.3 is 5.32 Å². The first-order valence-electron chi connectivity index (χ1n) is 5.92. The van der Waals surface area contributed by atoms with Gasteiger partial charge in [-0.05, 0) is 41.0 Å². The average molecular weight is 310 g/mol. The van der Waals surface area contributed by atoms with Crippen molar-refractivity contribution < 1.29 is 0 Å². The monoisotopic (exact) mass is 309 g/mol. The molecule has 2 rings (SSSR count). The summed E-state index contributed by atoms with van der Waals surface area (Å²) >= 11 is 3.55. The Labute approximate surface area is 115 Å². The summed E-state index contributed by atoms with van der Waals surface area (Å²) in [7, 11) is 1.89. The van der Waals surface area contributed by atoms with E-state index in [1.165, 1.54) is 0 Å². The van der Waals surface area contributed by atoms with Crippen LogP contribution in [0.4, 0.5) is 0 Å². The minimum atomic E-state index is 0.000486. The van der Waals surface area contributed by atoms with Crippen LogP contribution in [0.25, 0.3) is 0 Å². The van der Waals surface area contributed by atoms with E-state index in [0.717, 1.165) is 28.8 Å². The Hall–Kier alpha value is -1.27. The SMILES string of the molecule is CCCNC(c1ncccc1Br)c1cnnn1C. The van der Waals surface area contributed by atoms with Crippen molar-refractivity contribution in [2.24, 2.45) is 7.05 Å². The lowest BCUT2D eigenvalue weighted by Gasteiger charge is -2.18. The number of aryl methyl sites for hydroxylation is 1. The minimum Gasteiger partial charge on any atom is -0.304 e. The second-order valence-corrected chi connectivity index (χ2v) is 4.89. The topological polar surface area (TPSA) is 55.6 Å². The van der Waals surface area contributed by atoms with Crippen molar-refractivity contribution in [3.05, 3.63) is 40.4 Å². The van der Waals surface area contributed by atoms with Crippen LogP contribution in [0.15, 0.2) is 29.0 Å². The van der Waals surface area contributed by atoms with E-state index < -0.39 is 0 Å². The molecule has 0 saturated carbocycles. The number of rotatable bonds is 5. The molecule has 0 bridgehead atoms. The highest BCUT2D eigenvalue weighted by Crippen LogP contribution is 2.25. The second kappa shape index (κ2) is 6.06. The van der Waals surface area contributed by atoms with E-state index in [0.29, 0.717) is 0 Å². The van der Waals surface area contributed by atoms with Gasteiger partial charge in [-0.2, -0.15) is 0 Å². The Balaban J connectivity index is 2.37. The van der Waals surface area contributed by atoms with Gasteiger partial charge in [-0.25, -0.2) is 0 Å². The highest BCUT2D eigenvalue weighted by molar-refractivity contribution is 9.10. The first kappa shape index (κ1) is 13.2. The Morgan fingerprint density at radius 3 is 2.94 bits per heavy atom. The van der Waals surface area contributed by atoms with Crippen molar-refractivity contribution in [1.82, 2.24) is 25.3 Å². The molecule has 18 heavy (non-hydrogen) atoms. The maximum Gasteiger partial charge on any atom is 0.0949 e. The molecule has 2 aromatic heterocycles. The van der Waals surface area contributed by atoms with Gasteiger partial charge in [0, 0.05) is 17.7 Å². The Morgan fingerprint density at radius 2 is 2.33 bits per heavy atom. The molecule has 1 N–H and O–H groups in total. The maximum atomic E-state index is 4.45. The van der Waals surface area contributed by atoms with Crippen LogP contribution in [0.1, 0.15) is 30.8 Å². The molecular weight excluding hydrogens is 294 g/mol. The quantitative estimate of drug-likeness (QED) is 0.918. The summed E-state index contributed by atoms with van der Waals surface area (Å²) in [6.07, 6.45) is 4.63. The van der Waals surface area contributed by atoms with Gasteiger partial charge in [-0.1, -0.05) is 12.1 Å². The van der Waals surface area contributed by atoms with Gasteiger partial charge in [0.2, 0.25) is 0 Å². The lowest BCUT2D eigenvalue weighted by atomic mass is 10.1. The lowest BCUT2D eigenvalue weighted by molar-refractivity contribution is 0.539. The van der Waals surface area contributed by atoms with Gasteiger partial charge in [0.25, 0.3) is 0 Å². The van der Waals surface area contributed by atoms with Gasteiger partial charge in [0.05, 0.1) is 23.6 Å². The molecular formula is C12H16BrN5. The number of halogens is 1. The van der Waals surface area contributed by atoms with Crippen LogP contribution in [-0.4, -0.2) is 26.5 Å². The smallest absolute Gasteiger partial charge is 0.0949 e. The van der Waals surface area contributed by atoms with E-state index in [9.17, 15) is 0 Å². The van der Waals surface area contributed by atoms with Crippen LogP contribution >= 0.6 is 15.9 Å². The first-order valence-corrected chi connectivity index (χ1v) is 6.71. The highest BCUT2D eigenvalue weighted by atomic mass is 79.9. The molecule has 5 nitrogen and oxygen atoms in total. The summed E-state index contributed by atoms with van der Waals surface area (Å²) in [6, 6.07) is 3.90. The molecule has 2 heterocycles. The van der Waals surface area contributed by atoms with Crippen LogP contribution in [0.5, 0.6) is 0 Å². The normalized spacial score (nSPS) is 12.6. The largest absolute Gasteiger partial charge is 0.304 e. The van der Waals surface area contributed by atoms with Crippen molar-refractivity contribution in [2.75, 3.05) is 6.54 Å². The van der Waals surface area contributed by atoms with E-state index in [1.54, 1.807) is 17.1 Å². The van der Waals surface area contributed by atoms with Crippen molar-refractivity contribution in [2.45, 2.75) is 19.4 Å². The van der Waals surface area contributed by atoms with E-state index in [2.05, 4.69) is 43.5 Å². The Bertz CT molecular complexity index is 511. The fourth-order valence-electron chi connectivity index (χ4n) is 1.80. The number of pyridine rings is 1. The summed E-state index contributed by atoms with van der Waals surface area (Å²) in [6.45, 7) is 3.05. The Kier molecular flexibility index (Phi) is 4.43. The number of nitrogens with one attached hydrogen (secondary N) is 1. The third-order valence-electron chi connectivity index (χ3n) is 2.70. The second-order valence-electron chi connectivity index (χ2n) is 4.04. The Morgan fingerprint density at radius 1 is 1.50 bits per heavy atom. The third kappa shape index (κ3) is 2.76. The lowest BCUT2D eigenvalue weighted by Crippen LogP contribution is -2.26. The van der Waals surface area contributed by atoms with E-state index in [1.807, 2.05) is 19.2 Å². The molecule has 0 fully saturated rings. The predicted octanol–water partition coefficient (Wildman–Crippen LogP) is 2.06. The zero-order valence-corrected chi connectivity index (χ0v) is 12.1. The van der Waals surface area contributed by atoms with E-state index in [-0.39, 0.29) is 6.04 Å². The molecule has 0 aliphatic carbocycles. The molecule has 0 aromatic carbocycles. The first-order chi connectivity index (χ1) is 8.74. The van der Waals surface area contributed by atoms with E-state index >= 15 is 0 Å². The average Bonchev–Trinajstić information content (AvgIpc) is 2.78. The maximum absolute atomic E-state index is 4.45. The summed E-state index contributed by atoms with van der Waals surface area (Å²) in [4.78, 5) is 4.45. The van der Waals surface area contributed by atoms with Gasteiger partial charge in [-0.15, -0.1) is 5.10 Å². The molecule has 0 amide bonds. The van der Waals surface area contributed by atoms with Gasteiger partial charge in [-0.3, -0.25) is 9.67 Å². The minimum absolute atomic E-state index is 0.000486.